The van der Waals surface area contributed by atoms with Crippen molar-refractivity contribution in [1.82, 2.24) is 0 Å². The Hall–Kier alpha value is -2.49. The van der Waals surface area contributed by atoms with E-state index in [0.29, 0.717) is 5.56 Å². The number of aliphatic imine (C=N–C) groups is 1. The number of nitro benzene ring substituents is 1. The van der Waals surface area contributed by atoms with Gasteiger partial charge in [0, 0.05) is 18.3 Å². The monoisotopic (exact) mass is 240 g/mol. The molecular weight excluding hydrogens is 228 g/mol. The largest absolute Gasteiger partial charge is 0.270 e. The van der Waals surface area contributed by atoms with E-state index in [1.54, 1.807) is 18.3 Å². The molecule has 2 rings (SSSR count). The summed E-state index contributed by atoms with van der Waals surface area (Å²) in [6.45, 7) is 2.01. The summed E-state index contributed by atoms with van der Waals surface area (Å²) in [6, 6.07) is 14.1. The first kappa shape index (κ1) is 12.0. The van der Waals surface area contributed by atoms with Crippen LogP contribution in [0, 0.1) is 17.0 Å². The van der Waals surface area contributed by atoms with E-state index in [4.69, 9.17) is 0 Å². The number of rotatable bonds is 3. The Kier molecular flexibility index (Phi) is 3.48. The lowest BCUT2D eigenvalue weighted by molar-refractivity contribution is -0.384. The van der Waals surface area contributed by atoms with Crippen LogP contribution in [0.4, 0.5) is 11.4 Å². The van der Waals surface area contributed by atoms with Gasteiger partial charge in [0.2, 0.25) is 0 Å². The van der Waals surface area contributed by atoms with Gasteiger partial charge in [-0.3, -0.25) is 15.1 Å². The average Bonchev–Trinajstić information content (AvgIpc) is 2.38. The van der Waals surface area contributed by atoms with E-state index < -0.39 is 4.92 Å². The number of hydrogen-bond donors (Lipinski definition) is 0. The summed E-state index contributed by atoms with van der Waals surface area (Å²) >= 11 is 0. The van der Waals surface area contributed by atoms with E-state index in [1.807, 2.05) is 31.2 Å². The van der Waals surface area contributed by atoms with Crippen LogP contribution in [0.15, 0.2) is 53.5 Å². The third-order valence-electron chi connectivity index (χ3n) is 2.48. The van der Waals surface area contributed by atoms with Gasteiger partial charge in [-0.2, -0.15) is 0 Å². The normalized spacial score (nSPS) is 10.7. The fraction of sp³-hybridized carbons (Fsp3) is 0.0714. The van der Waals surface area contributed by atoms with Crippen LogP contribution in [0.1, 0.15) is 11.1 Å². The lowest BCUT2D eigenvalue weighted by atomic mass is 10.2. The van der Waals surface area contributed by atoms with E-state index in [-0.39, 0.29) is 5.69 Å². The zero-order valence-corrected chi connectivity index (χ0v) is 9.91. The van der Waals surface area contributed by atoms with Gasteiger partial charge in [0.25, 0.3) is 5.69 Å². The first-order valence-electron chi connectivity index (χ1n) is 5.50. The van der Waals surface area contributed by atoms with Gasteiger partial charge < -0.3 is 0 Å². The maximum absolute atomic E-state index is 10.6. The molecule has 0 N–H and O–H groups in total. The molecule has 0 aliphatic rings. The van der Waals surface area contributed by atoms with Crippen LogP contribution in [0.5, 0.6) is 0 Å². The molecule has 0 fully saturated rings. The first-order chi connectivity index (χ1) is 8.65. The predicted molar refractivity (Wildman–Crippen MR) is 71.5 cm³/mol. The Balaban J connectivity index is 2.20. The fourth-order valence-corrected chi connectivity index (χ4v) is 1.50. The SMILES string of the molecule is Cc1ccc(N=Cc2cccc([N+](=O)[O-])c2)cc1. The maximum Gasteiger partial charge on any atom is 0.270 e. The summed E-state index contributed by atoms with van der Waals surface area (Å²) in [5, 5.41) is 10.6. The van der Waals surface area contributed by atoms with Gasteiger partial charge in [0.15, 0.2) is 0 Å². The second kappa shape index (κ2) is 5.23. The topological polar surface area (TPSA) is 55.5 Å². The molecule has 0 bridgehead atoms. The van der Waals surface area contributed by atoms with Crippen molar-refractivity contribution in [1.29, 1.82) is 0 Å². The summed E-state index contributed by atoms with van der Waals surface area (Å²) in [7, 11) is 0. The van der Waals surface area contributed by atoms with Gasteiger partial charge in [-0.25, -0.2) is 0 Å². The highest BCUT2D eigenvalue weighted by atomic mass is 16.6. The minimum absolute atomic E-state index is 0.0721. The molecule has 18 heavy (non-hydrogen) atoms. The zero-order chi connectivity index (χ0) is 13.0. The standard InChI is InChI=1S/C14H12N2O2/c1-11-5-7-13(8-6-11)15-10-12-3-2-4-14(9-12)16(17)18/h2-10H,1H3. The zero-order valence-electron chi connectivity index (χ0n) is 9.91. The van der Waals surface area contributed by atoms with Crippen LogP contribution < -0.4 is 0 Å². The van der Waals surface area contributed by atoms with Crippen molar-refractivity contribution in [2.24, 2.45) is 4.99 Å². The van der Waals surface area contributed by atoms with E-state index in [0.717, 1.165) is 5.69 Å². The molecule has 0 heterocycles. The summed E-state index contributed by atoms with van der Waals surface area (Å²) in [4.78, 5) is 14.5. The van der Waals surface area contributed by atoms with E-state index >= 15 is 0 Å². The Morgan fingerprint density at radius 2 is 1.89 bits per heavy atom. The summed E-state index contributed by atoms with van der Waals surface area (Å²) in [6.07, 6.45) is 1.62. The minimum Gasteiger partial charge on any atom is -0.258 e. The van der Waals surface area contributed by atoms with Crippen LogP contribution in [0.25, 0.3) is 0 Å². The Morgan fingerprint density at radius 3 is 2.56 bits per heavy atom. The number of aryl methyl sites for hydroxylation is 1. The Bertz CT molecular complexity index is 589. The molecule has 0 saturated heterocycles. The smallest absolute Gasteiger partial charge is 0.258 e. The Morgan fingerprint density at radius 1 is 1.17 bits per heavy atom. The first-order valence-corrected chi connectivity index (χ1v) is 5.50. The van der Waals surface area contributed by atoms with Gasteiger partial charge in [-0.05, 0) is 24.6 Å². The van der Waals surface area contributed by atoms with E-state index in [1.165, 1.54) is 17.7 Å². The third-order valence-corrected chi connectivity index (χ3v) is 2.48. The molecule has 0 unspecified atom stereocenters. The molecule has 4 heteroatoms. The lowest BCUT2D eigenvalue weighted by Crippen LogP contribution is -1.89. The number of benzene rings is 2. The molecule has 0 saturated carbocycles. The quantitative estimate of drug-likeness (QED) is 0.467. The van der Waals surface area contributed by atoms with Gasteiger partial charge in [-0.1, -0.05) is 29.8 Å². The van der Waals surface area contributed by atoms with Crippen molar-refractivity contribution in [3.05, 3.63) is 69.8 Å². The highest BCUT2D eigenvalue weighted by Gasteiger charge is 2.03. The minimum atomic E-state index is -0.413. The Labute approximate surface area is 105 Å². The second-order valence-electron chi connectivity index (χ2n) is 3.95. The van der Waals surface area contributed by atoms with Crippen LogP contribution in [-0.4, -0.2) is 11.1 Å². The summed E-state index contributed by atoms with van der Waals surface area (Å²) in [5.41, 5.74) is 2.78. The van der Waals surface area contributed by atoms with Crippen LogP contribution >= 0.6 is 0 Å². The van der Waals surface area contributed by atoms with Gasteiger partial charge in [0.05, 0.1) is 10.6 Å². The molecule has 0 aromatic heterocycles. The molecule has 90 valence electrons. The molecule has 2 aromatic carbocycles. The molecule has 0 spiro atoms. The van der Waals surface area contributed by atoms with Crippen molar-refractivity contribution < 1.29 is 4.92 Å². The maximum atomic E-state index is 10.6. The number of nitro groups is 1. The van der Waals surface area contributed by atoms with Crippen molar-refractivity contribution in [3.63, 3.8) is 0 Å². The van der Waals surface area contributed by atoms with Crippen molar-refractivity contribution in [2.45, 2.75) is 6.92 Å². The molecule has 0 atom stereocenters. The number of non-ortho nitro benzene ring substituents is 1. The average molecular weight is 240 g/mol. The predicted octanol–water partition coefficient (Wildman–Crippen LogP) is 3.65. The van der Waals surface area contributed by atoms with Gasteiger partial charge in [0.1, 0.15) is 0 Å². The number of nitrogens with zero attached hydrogens (tertiary/aromatic N) is 2. The molecule has 0 amide bonds. The van der Waals surface area contributed by atoms with Crippen molar-refractivity contribution in [2.75, 3.05) is 0 Å². The molecule has 2 aromatic rings. The highest BCUT2D eigenvalue weighted by Crippen LogP contribution is 2.15. The second-order valence-corrected chi connectivity index (χ2v) is 3.95. The summed E-state index contributed by atoms with van der Waals surface area (Å²) < 4.78 is 0. The van der Waals surface area contributed by atoms with Gasteiger partial charge >= 0.3 is 0 Å². The van der Waals surface area contributed by atoms with Gasteiger partial charge in [-0.15, -0.1) is 0 Å². The van der Waals surface area contributed by atoms with Crippen LogP contribution in [-0.2, 0) is 0 Å². The molecule has 0 aliphatic carbocycles. The molecule has 0 radical (unpaired) electrons. The third kappa shape index (κ3) is 3.01. The number of hydrogen-bond acceptors (Lipinski definition) is 3. The molecular formula is C14H12N2O2. The highest BCUT2D eigenvalue weighted by molar-refractivity contribution is 5.82. The van der Waals surface area contributed by atoms with Crippen LogP contribution in [0.3, 0.4) is 0 Å². The van der Waals surface area contributed by atoms with Crippen molar-refractivity contribution >= 4 is 17.6 Å². The molecule has 0 aliphatic heterocycles. The van der Waals surface area contributed by atoms with E-state index in [2.05, 4.69) is 4.99 Å². The van der Waals surface area contributed by atoms with Crippen LogP contribution in [0.2, 0.25) is 0 Å². The van der Waals surface area contributed by atoms with E-state index in [9.17, 15) is 10.1 Å². The lowest BCUT2D eigenvalue weighted by Gasteiger charge is -1.96. The summed E-state index contributed by atoms with van der Waals surface area (Å²) in [5.74, 6) is 0. The molecule has 4 nitrogen and oxygen atoms in total. The van der Waals surface area contributed by atoms with Crippen molar-refractivity contribution in [3.8, 4) is 0 Å². The fourth-order valence-electron chi connectivity index (χ4n) is 1.50.